The molecule has 0 fully saturated rings. The molecule has 1 aliphatic heterocycles. The lowest BCUT2D eigenvalue weighted by atomic mass is 9.66. The highest BCUT2D eigenvalue weighted by Gasteiger charge is 2.43. The van der Waals surface area contributed by atoms with Crippen LogP contribution >= 0.6 is 0 Å². The van der Waals surface area contributed by atoms with Gasteiger partial charge in [0.1, 0.15) is 0 Å². The second-order valence-electron chi connectivity index (χ2n) is 16.5. The molecule has 1 unspecified atom stereocenters. The van der Waals surface area contributed by atoms with Gasteiger partial charge < -0.3 is 4.90 Å². The van der Waals surface area contributed by atoms with Gasteiger partial charge in [0, 0.05) is 28.4 Å². The molecule has 1 heterocycles. The number of hydrogen-bond donors (Lipinski definition) is 0. The smallest absolute Gasteiger partial charge is 0.0496 e. The molecule has 0 bridgehead atoms. The molecule has 9 aromatic carbocycles. The predicted molar refractivity (Wildman–Crippen MR) is 248 cm³/mol. The van der Waals surface area contributed by atoms with Crippen LogP contribution in [0.2, 0.25) is 0 Å². The van der Waals surface area contributed by atoms with E-state index in [2.05, 4.69) is 225 Å². The van der Waals surface area contributed by atoms with Crippen molar-refractivity contribution >= 4 is 43.7 Å². The van der Waals surface area contributed by atoms with E-state index in [1.165, 1.54) is 99.5 Å². The minimum atomic E-state index is -0.0000572. The SMILES string of the molecule is CC1(C)c2ccccc2N(c2cc(-c3ccccc3)cc(-c3cc(-c4ccccc4)cc(-c4ccc5c6ccccc6c6ccccc6c5c4)c3)c2)C2=CC=CCC21. The first-order chi connectivity index (χ1) is 28.5. The van der Waals surface area contributed by atoms with Crippen molar-refractivity contribution in [1.29, 1.82) is 0 Å². The van der Waals surface area contributed by atoms with Crippen molar-refractivity contribution in [2.24, 2.45) is 5.92 Å². The van der Waals surface area contributed by atoms with E-state index in [4.69, 9.17) is 0 Å². The maximum absolute atomic E-state index is 2.55. The average molecular weight is 742 g/mol. The van der Waals surface area contributed by atoms with E-state index in [9.17, 15) is 0 Å². The summed E-state index contributed by atoms with van der Waals surface area (Å²) >= 11 is 0. The summed E-state index contributed by atoms with van der Waals surface area (Å²) in [5.74, 6) is 0.366. The normalized spacial score (nSPS) is 15.7. The number of fused-ring (bicyclic) bond motifs is 8. The number of rotatable bonds is 5. The Hall–Kier alpha value is -6.96. The highest BCUT2D eigenvalue weighted by Crippen LogP contribution is 2.53. The molecule has 0 N–H and O–H groups in total. The highest BCUT2D eigenvalue weighted by molar-refractivity contribution is 6.25. The molecule has 9 aromatic rings. The number of para-hydroxylation sites is 1. The van der Waals surface area contributed by atoms with Gasteiger partial charge in [-0.3, -0.25) is 0 Å². The summed E-state index contributed by atoms with van der Waals surface area (Å²) in [6.07, 6.45) is 7.95. The van der Waals surface area contributed by atoms with Crippen molar-refractivity contribution in [3.05, 3.63) is 218 Å². The summed E-state index contributed by atoms with van der Waals surface area (Å²) in [4.78, 5) is 2.55. The van der Waals surface area contributed by atoms with Crippen molar-refractivity contribution in [2.45, 2.75) is 25.7 Å². The van der Waals surface area contributed by atoms with Crippen LogP contribution < -0.4 is 4.90 Å². The predicted octanol–water partition coefficient (Wildman–Crippen LogP) is 15.7. The second-order valence-corrected chi connectivity index (χ2v) is 16.5. The molecule has 1 nitrogen and oxygen atoms in total. The van der Waals surface area contributed by atoms with E-state index in [0.717, 1.165) is 6.42 Å². The number of benzene rings is 9. The number of allylic oxidation sites excluding steroid dienone is 4. The minimum absolute atomic E-state index is 0.0000572. The van der Waals surface area contributed by atoms with Gasteiger partial charge in [-0.2, -0.15) is 0 Å². The molecule has 58 heavy (non-hydrogen) atoms. The van der Waals surface area contributed by atoms with Gasteiger partial charge in [0.25, 0.3) is 0 Å². The lowest BCUT2D eigenvalue weighted by Gasteiger charge is -2.48. The van der Waals surface area contributed by atoms with Crippen molar-refractivity contribution in [3.63, 3.8) is 0 Å². The van der Waals surface area contributed by atoms with Gasteiger partial charge in [0.15, 0.2) is 0 Å². The molecule has 0 spiro atoms. The summed E-state index contributed by atoms with van der Waals surface area (Å²) in [5, 5.41) is 7.73. The fraction of sp³-hybridized carbons (Fsp3) is 0.0877. The minimum Gasteiger partial charge on any atom is -0.314 e. The van der Waals surface area contributed by atoms with Gasteiger partial charge in [-0.05, 0) is 143 Å². The van der Waals surface area contributed by atoms with Crippen LogP contribution in [0.25, 0.3) is 76.8 Å². The first-order valence-electron chi connectivity index (χ1n) is 20.5. The number of hydrogen-bond acceptors (Lipinski definition) is 1. The molecule has 1 heteroatoms. The van der Waals surface area contributed by atoms with E-state index in [1.54, 1.807) is 0 Å². The molecule has 1 atom stereocenters. The Morgan fingerprint density at radius 2 is 0.879 bits per heavy atom. The van der Waals surface area contributed by atoms with Crippen LogP contribution in [-0.4, -0.2) is 0 Å². The topological polar surface area (TPSA) is 3.24 Å². The molecular weight excluding hydrogens is 699 g/mol. The monoisotopic (exact) mass is 741 g/mol. The third kappa shape index (κ3) is 5.61. The van der Waals surface area contributed by atoms with E-state index < -0.39 is 0 Å². The van der Waals surface area contributed by atoms with Crippen LogP contribution in [0.5, 0.6) is 0 Å². The van der Waals surface area contributed by atoms with Gasteiger partial charge in [-0.15, -0.1) is 0 Å². The zero-order chi connectivity index (χ0) is 38.8. The Balaban J connectivity index is 1.15. The third-order valence-corrected chi connectivity index (χ3v) is 12.8. The van der Waals surface area contributed by atoms with E-state index in [1.807, 2.05) is 0 Å². The van der Waals surface area contributed by atoms with Gasteiger partial charge in [0.2, 0.25) is 0 Å². The zero-order valence-corrected chi connectivity index (χ0v) is 32.9. The Morgan fingerprint density at radius 3 is 1.50 bits per heavy atom. The van der Waals surface area contributed by atoms with Crippen molar-refractivity contribution in [1.82, 2.24) is 0 Å². The van der Waals surface area contributed by atoms with Gasteiger partial charge in [0.05, 0.1) is 0 Å². The number of nitrogens with zero attached hydrogens (tertiary/aromatic N) is 1. The highest BCUT2D eigenvalue weighted by atomic mass is 15.2. The summed E-state index contributed by atoms with van der Waals surface area (Å²) in [6, 6.07) is 69.8. The fourth-order valence-corrected chi connectivity index (χ4v) is 9.89. The molecule has 1 aliphatic carbocycles. The molecule has 0 amide bonds. The molecule has 0 saturated carbocycles. The lowest BCUT2D eigenvalue weighted by molar-refractivity contribution is 0.349. The Labute approximate surface area is 340 Å². The number of anilines is 2. The quantitative estimate of drug-likeness (QED) is 0.159. The van der Waals surface area contributed by atoms with Crippen molar-refractivity contribution in [2.75, 3.05) is 4.90 Å². The molecule has 2 aliphatic rings. The van der Waals surface area contributed by atoms with Crippen LogP contribution in [0, 0.1) is 5.92 Å². The average Bonchev–Trinajstić information content (AvgIpc) is 3.29. The summed E-state index contributed by atoms with van der Waals surface area (Å²) < 4.78 is 0. The second kappa shape index (κ2) is 13.6. The molecule has 0 saturated heterocycles. The summed E-state index contributed by atoms with van der Waals surface area (Å²) in [7, 11) is 0. The molecule has 276 valence electrons. The zero-order valence-electron chi connectivity index (χ0n) is 32.9. The Bertz CT molecular complexity index is 3080. The Morgan fingerprint density at radius 1 is 0.414 bits per heavy atom. The lowest BCUT2D eigenvalue weighted by Crippen LogP contribution is -2.42. The van der Waals surface area contributed by atoms with Gasteiger partial charge >= 0.3 is 0 Å². The van der Waals surface area contributed by atoms with E-state index >= 15 is 0 Å². The van der Waals surface area contributed by atoms with Crippen LogP contribution in [0.3, 0.4) is 0 Å². The molecule has 11 rings (SSSR count). The summed E-state index contributed by atoms with van der Waals surface area (Å²) in [5.41, 5.74) is 14.8. The summed E-state index contributed by atoms with van der Waals surface area (Å²) in [6.45, 7) is 4.84. The van der Waals surface area contributed by atoms with Gasteiger partial charge in [-0.1, -0.05) is 166 Å². The first-order valence-corrected chi connectivity index (χ1v) is 20.5. The largest absolute Gasteiger partial charge is 0.314 e. The third-order valence-electron chi connectivity index (χ3n) is 12.8. The molecular formula is C57H43N. The van der Waals surface area contributed by atoms with Crippen LogP contribution in [0.4, 0.5) is 11.4 Å². The Kier molecular flexibility index (Phi) is 8.05. The maximum Gasteiger partial charge on any atom is 0.0496 e. The standard InChI is InChI=1S/C57H43N/c1-57(2)53-25-13-15-27-55(53)58(56-28-16-14-26-54(56)57)46-35-44(39-19-7-4-8-20-39)34-45(36-46)43-32-41(38-17-5-3-6-18-38)31-42(33-43)40-29-30-51-49-23-10-9-21-47(49)48-22-11-12-24-50(48)52(51)37-40/h3-25,27-37,54H,26H2,1-2H3. The van der Waals surface area contributed by atoms with Crippen molar-refractivity contribution in [3.8, 4) is 44.5 Å². The van der Waals surface area contributed by atoms with Gasteiger partial charge in [-0.25, -0.2) is 0 Å². The van der Waals surface area contributed by atoms with Crippen LogP contribution in [-0.2, 0) is 5.41 Å². The maximum atomic E-state index is 2.55. The van der Waals surface area contributed by atoms with Crippen LogP contribution in [0.1, 0.15) is 25.8 Å². The molecule has 0 aromatic heterocycles. The van der Waals surface area contributed by atoms with E-state index in [0.29, 0.717) is 5.92 Å². The molecule has 0 radical (unpaired) electrons. The van der Waals surface area contributed by atoms with E-state index in [-0.39, 0.29) is 5.41 Å². The fourth-order valence-electron chi connectivity index (χ4n) is 9.89. The first kappa shape index (κ1) is 34.3. The van der Waals surface area contributed by atoms with Crippen molar-refractivity contribution < 1.29 is 0 Å². The van der Waals surface area contributed by atoms with Crippen LogP contribution in [0.15, 0.2) is 212 Å².